The maximum Gasteiger partial charge on any atom is 0.279 e. The molecule has 1 N–H and O–H groups in total. The van der Waals surface area contributed by atoms with Crippen LogP contribution in [0.4, 0.5) is 8.78 Å². The minimum atomic E-state index is -2.75. The van der Waals surface area contributed by atoms with Crippen LogP contribution < -0.4 is 9.47 Å². The number of nitrogens with one attached hydrogen (secondary N) is 1. The summed E-state index contributed by atoms with van der Waals surface area (Å²) in [5.74, 6) is 0.663. The standard InChI is InChI=1S/C12H10F2N2O2/c1-17-8-4-3-7-9(11(8)18-2)6(5-15)10(16-7)12(13)14/h3-4,12,16H,1-2H3. The molecule has 0 fully saturated rings. The molecule has 0 amide bonds. The lowest BCUT2D eigenvalue weighted by Gasteiger charge is -2.08. The van der Waals surface area contributed by atoms with Crippen LogP contribution in [-0.4, -0.2) is 19.2 Å². The van der Waals surface area contributed by atoms with E-state index in [-0.39, 0.29) is 11.3 Å². The van der Waals surface area contributed by atoms with Gasteiger partial charge in [0.2, 0.25) is 0 Å². The van der Waals surface area contributed by atoms with Crippen molar-refractivity contribution in [1.82, 2.24) is 4.98 Å². The van der Waals surface area contributed by atoms with E-state index in [1.165, 1.54) is 14.2 Å². The molecular weight excluding hydrogens is 242 g/mol. The van der Waals surface area contributed by atoms with Gasteiger partial charge in [0.25, 0.3) is 6.43 Å². The fourth-order valence-electron chi connectivity index (χ4n) is 1.90. The van der Waals surface area contributed by atoms with E-state index in [2.05, 4.69) is 4.98 Å². The minimum absolute atomic E-state index is 0.115. The van der Waals surface area contributed by atoms with E-state index in [1.807, 2.05) is 0 Å². The van der Waals surface area contributed by atoms with Crippen molar-refractivity contribution in [3.8, 4) is 17.6 Å². The molecule has 0 aliphatic carbocycles. The van der Waals surface area contributed by atoms with Crippen LogP contribution >= 0.6 is 0 Å². The van der Waals surface area contributed by atoms with Gasteiger partial charge in [0.15, 0.2) is 11.5 Å². The number of benzene rings is 1. The molecule has 1 aromatic carbocycles. The molecule has 2 aromatic rings. The molecule has 1 heterocycles. The van der Waals surface area contributed by atoms with Crippen LogP contribution in [0.15, 0.2) is 12.1 Å². The summed E-state index contributed by atoms with van der Waals surface area (Å²) in [5.41, 5.74) is -0.102. The van der Waals surface area contributed by atoms with Gasteiger partial charge >= 0.3 is 0 Å². The molecule has 0 aliphatic rings. The van der Waals surface area contributed by atoms with Gasteiger partial charge in [-0.3, -0.25) is 0 Å². The monoisotopic (exact) mass is 252 g/mol. The second kappa shape index (κ2) is 4.53. The van der Waals surface area contributed by atoms with Gasteiger partial charge in [-0.15, -0.1) is 0 Å². The molecule has 0 radical (unpaired) electrons. The van der Waals surface area contributed by atoms with Gasteiger partial charge in [-0.2, -0.15) is 5.26 Å². The Morgan fingerprint density at radius 2 is 2.00 bits per heavy atom. The zero-order valence-corrected chi connectivity index (χ0v) is 9.75. The van der Waals surface area contributed by atoms with E-state index in [0.29, 0.717) is 16.7 Å². The summed E-state index contributed by atoms with van der Waals surface area (Å²) in [6, 6.07) is 4.94. The summed E-state index contributed by atoms with van der Waals surface area (Å²) in [5, 5.41) is 9.35. The topological polar surface area (TPSA) is 58.0 Å². The zero-order chi connectivity index (χ0) is 13.3. The second-order valence-electron chi connectivity index (χ2n) is 3.55. The first-order valence-corrected chi connectivity index (χ1v) is 5.08. The largest absolute Gasteiger partial charge is 0.493 e. The molecule has 18 heavy (non-hydrogen) atoms. The SMILES string of the molecule is COc1ccc2[nH]c(C(F)F)c(C#N)c2c1OC. The van der Waals surface area contributed by atoms with Gasteiger partial charge in [-0.25, -0.2) is 8.78 Å². The number of H-pyrrole nitrogens is 1. The number of nitrogens with zero attached hydrogens (tertiary/aromatic N) is 1. The molecule has 4 nitrogen and oxygen atoms in total. The van der Waals surface area contributed by atoms with Crippen molar-refractivity contribution < 1.29 is 18.3 Å². The predicted octanol–water partition coefficient (Wildman–Crippen LogP) is 2.99. The first-order chi connectivity index (χ1) is 8.63. The van der Waals surface area contributed by atoms with Crippen LogP contribution in [0.3, 0.4) is 0 Å². The molecule has 0 saturated carbocycles. The summed E-state index contributed by atoms with van der Waals surface area (Å²) in [4.78, 5) is 2.53. The van der Waals surface area contributed by atoms with Gasteiger partial charge in [-0.1, -0.05) is 0 Å². The average Bonchev–Trinajstić information content (AvgIpc) is 2.75. The number of alkyl halides is 2. The Labute approximate surface area is 102 Å². The fourth-order valence-corrected chi connectivity index (χ4v) is 1.90. The van der Waals surface area contributed by atoms with Crippen LogP contribution in [0.2, 0.25) is 0 Å². The second-order valence-corrected chi connectivity index (χ2v) is 3.55. The Kier molecular flexibility index (Phi) is 3.06. The van der Waals surface area contributed by atoms with Crippen LogP contribution in [0.5, 0.6) is 11.5 Å². The highest BCUT2D eigenvalue weighted by Crippen LogP contribution is 2.40. The lowest BCUT2D eigenvalue weighted by atomic mass is 10.1. The van der Waals surface area contributed by atoms with E-state index in [1.54, 1.807) is 18.2 Å². The van der Waals surface area contributed by atoms with E-state index < -0.39 is 12.1 Å². The Balaban J connectivity index is 2.87. The Hall–Kier alpha value is -2.29. The molecular formula is C12H10F2N2O2. The normalized spacial score (nSPS) is 10.7. The summed E-state index contributed by atoms with van der Waals surface area (Å²) in [6.07, 6.45) is -2.75. The van der Waals surface area contributed by atoms with Gasteiger partial charge in [0.1, 0.15) is 11.8 Å². The Morgan fingerprint density at radius 1 is 1.28 bits per heavy atom. The average molecular weight is 252 g/mol. The molecule has 0 spiro atoms. The van der Waals surface area contributed by atoms with Crippen molar-refractivity contribution in [3.63, 3.8) is 0 Å². The lowest BCUT2D eigenvalue weighted by Crippen LogP contribution is -1.92. The first kappa shape index (κ1) is 12.2. The molecule has 0 bridgehead atoms. The number of aromatic amines is 1. The number of halogens is 2. The van der Waals surface area contributed by atoms with E-state index in [9.17, 15) is 8.78 Å². The number of methoxy groups -OCH3 is 2. The maximum atomic E-state index is 12.8. The zero-order valence-electron chi connectivity index (χ0n) is 9.75. The van der Waals surface area contributed by atoms with E-state index in [4.69, 9.17) is 14.7 Å². The van der Waals surface area contributed by atoms with Gasteiger partial charge in [0, 0.05) is 0 Å². The first-order valence-electron chi connectivity index (χ1n) is 5.08. The van der Waals surface area contributed by atoms with E-state index >= 15 is 0 Å². The highest BCUT2D eigenvalue weighted by atomic mass is 19.3. The number of fused-ring (bicyclic) bond motifs is 1. The van der Waals surface area contributed by atoms with Crippen molar-refractivity contribution in [1.29, 1.82) is 5.26 Å². The fraction of sp³-hybridized carbons (Fsp3) is 0.250. The van der Waals surface area contributed by atoms with Crippen molar-refractivity contribution in [2.75, 3.05) is 14.2 Å². The summed E-state index contributed by atoms with van der Waals surface area (Å²) >= 11 is 0. The number of ether oxygens (including phenoxy) is 2. The number of hydrogen-bond donors (Lipinski definition) is 1. The van der Waals surface area contributed by atoms with Crippen molar-refractivity contribution in [3.05, 3.63) is 23.4 Å². The molecule has 2 rings (SSSR count). The summed E-state index contributed by atoms with van der Waals surface area (Å²) in [7, 11) is 2.84. The predicted molar refractivity (Wildman–Crippen MR) is 61.1 cm³/mol. The van der Waals surface area contributed by atoms with Crippen LogP contribution in [-0.2, 0) is 0 Å². The number of hydrogen-bond acceptors (Lipinski definition) is 3. The third-order valence-electron chi connectivity index (χ3n) is 2.66. The number of rotatable bonds is 3. The molecule has 0 unspecified atom stereocenters. The molecule has 0 aliphatic heterocycles. The molecule has 0 atom stereocenters. The third kappa shape index (κ3) is 1.64. The van der Waals surface area contributed by atoms with Gasteiger partial charge in [0.05, 0.1) is 30.7 Å². The molecule has 0 saturated heterocycles. The smallest absolute Gasteiger partial charge is 0.279 e. The highest BCUT2D eigenvalue weighted by Gasteiger charge is 2.23. The van der Waals surface area contributed by atoms with Crippen LogP contribution in [0.25, 0.3) is 10.9 Å². The number of aromatic nitrogens is 1. The van der Waals surface area contributed by atoms with Crippen molar-refractivity contribution >= 4 is 10.9 Å². The lowest BCUT2D eigenvalue weighted by molar-refractivity contribution is 0.146. The van der Waals surface area contributed by atoms with Crippen molar-refractivity contribution in [2.24, 2.45) is 0 Å². The Morgan fingerprint density at radius 3 is 2.50 bits per heavy atom. The molecule has 6 heteroatoms. The summed E-state index contributed by atoms with van der Waals surface area (Å²) < 4.78 is 35.9. The molecule has 94 valence electrons. The maximum absolute atomic E-state index is 12.8. The highest BCUT2D eigenvalue weighted by molar-refractivity contribution is 5.95. The van der Waals surface area contributed by atoms with Gasteiger partial charge in [-0.05, 0) is 12.1 Å². The minimum Gasteiger partial charge on any atom is -0.493 e. The van der Waals surface area contributed by atoms with E-state index in [0.717, 1.165) is 0 Å². The third-order valence-corrected chi connectivity index (χ3v) is 2.66. The quantitative estimate of drug-likeness (QED) is 0.913. The van der Waals surface area contributed by atoms with Gasteiger partial charge < -0.3 is 14.5 Å². The molecule has 1 aromatic heterocycles. The number of nitriles is 1. The van der Waals surface area contributed by atoms with Crippen molar-refractivity contribution in [2.45, 2.75) is 6.43 Å². The van der Waals surface area contributed by atoms with Crippen LogP contribution in [0, 0.1) is 11.3 Å². The summed E-state index contributed by atoms with van der Waals surface area (Å²) in [6.45, 7) is 0. The Bertz CT molecular complexity index is 629. The van der Waals surface area contributed by atoms with Crippen LogP contribution in [0.1, 0.15) is 17.7 Å².